The number of hydrogen-bond donors (Lipinski definition) is 2. The number of aliphatic carboxylic acids is 1. The maximum absolute atomic E-state index is 12.6. The summed E-state index contributed by atoms with van der Waals surface area (Å²) in [5, 5.41) is 10.5. The lowest BCUT2D eigenvalue weighted by Crippen LogP contribution is -2.50. The van der Waals surface area contributed by atoms with Crippen LogP contribution in [0.3, 0.4) is 0 Å². The van der Waals surface area contributed by atoms with Crippen LogP contribution < -0.4 is 9.46 Å². The van der Waals surface area contributed by atoms with Crippen LogP contribution in [-0.4, -0.2) is 50.1 Å². The molecule has 10 heteroatoms. The Bertz CT molecular complexity index is 989. The van der Waals surface area contributed by atoms with Gasteiger partial charge in [-0.05, 0) is 74.0 Å². The number of nitrogens with zero attached hydrogens (tertiary/aromatic N) is 1. The molecule has 2 aromatic rings. The van der Waals surface area contributed by atoms with Gasteiger partial charge in [0.1, 0.15) is 18.4 Å². The first-order chi connectivity index (χ1) is 14.7. The van der Waals surface area contributed by atoms with Gasteiger partial charge >= 0.3 is 5.97 Å². The van der Waals surface area contributed by atoms with E-state index in [4.69, 9.17) is 27.9 Å². The zero-order valence-corrected chi connectivity index (χ0v) is 19.1. The predicted octanol–water partition coefficient (Wildman–Crippen LogP) is 3.79. The molecule has 1 unspecified atom stereocenters. The summed E-state index contributed by atoms with van der Waals surface area (Å²) in [6, 6.07) is 10.1. The van der Waals surface area contributed by atoms with Crippen LogP contribution in [0, 0.1) is 0 Å². The highest BCUT2D eigenvalue weighted by atomic mass is 35.5. The van der Waals surface area contributed by atoms with Gasteiger partial charge in [0.25, 0.3) is 0 Å². The normalized spacial score (nSPS) is 16.1. The largest absolute Gasteiger partial charge is 0.489 e. The number of likely N-dealkylation sites (tertiary alicyclic amines) is 1. The lowest BCUT2D eigenvalue weighted by Gasteiger charge is -2.31. The van der Waals surface area contributed by atoms with Crippen molar-refractivity contribution >= 4 is 39.2 Å². The molecule has 1 fully saturated rings. The molecule has 0 amide bonds. The van der Waals surface area contributed by atoms with Gasteiger partial charge in [0.05, 0.1) is 4.90 Å². The van der Waals surface area contributed by atoms with Crippen molar-refractivity contribution in [2.45, 2.75) is 36.8 Å². The Hall–Kier alpha value is -1.84. The molecule has 0 bridgehead atoms. The van der Waals surface area contributed by atoms with Gasteiger partial charge in [-0.15, -0.1) is 0 Å². The SMILES string of the molecule is O=C(O)C(CNS(=O)(=O)c1ccc(OCc2cc(Cl)cc(Cl)c2)cc1)N1CCCCC1. The summed E-state index contributed by atoms with van der Waals surface area (Å²) in [6.07, 6.45) is 2.89. The van der Waals surface area contributed by atoms with E-state index in [1.807, 2.05) is 4.90 Å². The Balaban J connectivity index is 1.60. The van der Waals surface area contributed by atoms with E-state index in [0.717, 1.165) is 24.8 Å². The number of ether oxygens (including phenoxy) is 1. The van der Waals surface area contributed by atoms with Crippen molar-refractivity contribution in [3.05, 3.63) is 58.1 Å². The monoisotopic (exact) mass is 486 g/mol. The van der Waals surface area contributed by atoms with Crippen LogP contribution >= 0.6 is 23.2 Å². The number of nitrogens with one attached hydrogen (secondary N) is 1. The van der Waals surface area contributed by atoms with Gasteiger partial charge in [-0.2, -0.15) is 0 Å². The Morgan fingerprint density at radius 3 is 2.26 bits per heavy atom. The van der Waals surface area contributed by atoms with Gasteiger partial charge in [0.2, 0.25) is 10.0 Å². The maximum Gasteiger partial charge on any atom is 0.322 e. The van der Waals surface area contributed by atoms with E-state index in [9.17, 15) is 18.3 Å². The first-order valence-electron chi connectivity index (χ1n) is 9.89. The smallest absolute Gasteiger partial charge is 0.322 e. The van der Waals surface area contributed by atoms with Crippen LogP contribution in [0.5, 0.6) is 5.75 Å². The summed E-state index contributed by atoms with van der Waals surface area (Å²) in [5.41, 5.74) is 0.785. The van der Waals surface area contributed by atoms with Crippen LogP contribution in [0.2, 0.25) is 10.0 Å². The Labute approximate surface area is 192 Å². The van der Waals surface area contributed by atoms with Crippen molar-refractivity contribution in [3.63, 3.8) is 0 Å². The molecule has 1 aliphatic rings. The molecule has 0 radical (unpaired) electrons. The maximum atomic E-state index is 12.6. The highest BCUT2D eigenvalue weighted by Gasteiger charge is 2.28. The average Bonchev–Trinajstić information content (AvgIpc) is 2.72. The minimum atomic E-state index is -3.85. The zero-order chi connectivity index (χ0) is 22.4. The predicted molar refractivity (Wildman–Crippen MR) is 119 cm³/mol. The van der Waals surface area contributed by atoms with Crippen molar-refractivity contribution < 1.29 is 23.1 Å². The van der Waals surface area contributed by atoms with E-state index in [1.165, 1.54) is 12.1 Å². The summed E-state index contributed by atoms with van der Waals surface area (Å²) >= 11 is 11.9. The summed E-state index contributed by atoms with van der Waals surface area (Å²) in [7, 11) is -3.85. The molecule has 1 atom stereocenters. The third-order valence-corrected chi connectivity index (χ3v) is 6.92. The Morgan fingerprint density at radius 2 is 1.68 bits per heavy atom. The number of piperidine rings is 1. The number of carboxylic acid groups (broad SMARTS) is 1. The average molecular weight is 487 g/mol. The van der Waals surface area contributed by atoms with Crippen molar-refractivity contribution in [2.75, 3.05) is 19.6 Å². The molecule has 3 rings (SSSR count). The van der Waals surface area contributed by atoms with Crippen LogP contribution in [0.15, 0.2) is 47.4 Å². The molecule has 31 heavy (non-hydrogen) atoms. The summed E-state index contributed by atoms with van der Waals surface area (Å²) in [6.45, 7) is 1.34. The number of carboxylic acids is 1. The van der Waals surface area contributed by atoms with E-state index < -0.39 is 22.0 Å². The summed E-state index contributed by atoms with van der Waals surface area (Å²) in [4.78, 5) is 13.5. The minimum Gasteiger partial charge on any atom is -0.489 e. The van der Waals surface area contributed by atoms with Gasteiger partial charge < -0.3 is 9.84 Å². The Morgan fingerprint density at radius 1 is 1.06 bits per heavy atom. The van der Waals surface area contributed by atoms with E-state index in [0.29, 0.717) is 28.9 Å². The lowest BCUT2D eigenvalue weighted by molar-refractivity contribution is -0.143. The number of benzene rings is 2. The number of halogens is 2. The first kappa shape index (κ1) is 23.8. The quantitative estimate of drug-likeness (QED) is 0.559. The standard InChI is InChI=1S/C21H24Cl2N2O5S/c22-16-10-15(11-17(23)12-16)14-30-18-4-6-19(7-5-18)31(28,29)24-13-20(21(26)27)25-8-2-1-3-9-25/h4-7,10-12,20,24H,1-3,8-9,13-14H2,(H,26,27). The number of rotatable bonds is 9. The van der Waals surface area contributed by atoms with Crippen molar-refractivity contribution in [2.24, 2.45) is 0 Å². The molecular formula is C21H24Cl2N2O5S. The van der Waals surface area contributed by atoms with Gasteiger partial charge in [0, 0.05) is 16.6 Å². The third kappa shape index (κ3) is 6.82. The van der Waals surface area contributed by atoms with Crippen LogP contribution in [0.25, 0.3) is 0 Å². The van der Waals surface area contributed by atoms with Gasteiger partial charge in [-0.3, -0.25) is 9.69 Å². The molecule has 1 aliphatic heterocycles. The zero-order valence-electron chi connectivity index (χ0n) is 16.8. The molecule has 0 saturated carbocycles. The molecule has 0 aliphatic carbocycles. The fraction of sp³-hybridized carbons (Fsp3) is 0.381. The molecule has 0 spiro atoms. The molecule has 168 valence electrons. The second kappa shape index (κ2) is 10.7. The van der Waals surface area contributed by atoms with E-state index in [-0.39, 0.29) is 18.0 Å². The minimum absolute atomic E-state index is 0.0356. The second-order valence-corrected chi connectivity index (χ2v) is 9.98. The second-order valence-electron chi connectivity index (χ2n) is 7.34. The fourth-order valence-electron chi connectivity index (χ4n) is 3.45. The van der Waals surface area contributed by atoms with Crippen molar-refractivity contribution in [1.29, 1.82) is 0 Å². The fourth-order valence-corrected chi connectivity index (χ4v) is 5.06. The van der Waals surface area contributed by atoms with Crippen molar-refractivity contribution in [3.8, 4) is 5.75 Å². The lowest BCUT2D eigenvalue weighted by atomic mass is 10.1. The topological polar surface area (TPSA) is 95.9 Å². The first-order valence-corrected chi connectivity index (χ1v) is 12.1. The van der Waals surface area contributed by atoms with Crippen molar-refractivity contribution in [1.82, 2.24) is 9.62 Å². The molecule has 2 aromatic carbocycles. The third-order valence-electron chi connectivity index (χ3n) is 5.05. The molecule has 0 aromatic heterocycles. The number of sulfonamides is 1. The summed E-state index contributed by atoms with van der Waals surface area (Å²) < 4.78 is 33.3. The molecule has 1 saturated heterocycles. The summed E-state index contributed by atoms with van der Waals surface area (Å²) in [5.74, 6) is -0.554. The van der Waals surface area contributed by atoms with E-state index in [2.05, 4.69) is 4.72 Å². The molecule has 1 heterocycles. The van der Waals surface area contributed by atoms with Crippen LogP contribution in [0.1, 0.15) is 24.8 Å². The van der Waals surface area contributed by atoms with Gasteiger partial charge in [-0.25, -0.2) is 13.1 Å². The Kier molecular flexibility index (Phi) is 8.18. The van der Waals surface area contributed by atoms with Crippen LogP contribution in [-0.2, 0) is 21.4 Å². The number of hydrogen-bond acceptors (Lipinski definition) is 5. The molecule has 7 nitrogen and oxygen atoms in total. The van der Waals surface area contributed by atoms with Gasteiger partial charge in [-0.1, -0.05) is 29.6 Å². The highest BCUT2D eigenvalue weighted by Crippen LogP contribution is 2.22. The van der Waals surface area contributed by atoms with Crippen LogP contribution in [0.4, 0.5) is 0 Å². The highest BCUT2D eigenvalue weighted by molar-refractivity contribution is 7.89. The van der Waals surface area contributed by atoms with E-state index in [1.54, 1.807) is 30.3 Å². The molecule has 2 N–H and O–H groups in total. The van der Waals surface area contributed by atoms with Gasteiger partial charge in [0.15, 0.2) is 0 Å². The number of carbonyl (C=O) groups is 1. The molecular weight excluding hydrogens is 463 g/mol. The van der Waals surface area contributed by atoms with E-state index >= 15 is 0 Å².